The highest BCUT2D eigenvalue weighted by Gasteiger charge is 2.34. The number of hydrogen-bond donors (Lipinski definition) is 2. The van der Waals surface area contributed by atoms with Crippen LogP contribution in [0.3, 0.4) is 0 Å². The Bertz CT molecular complexity index is 1180. The second kappa shape index (κ2) is 12.8. The van der Waals surface area contributed by atoms with Crippen molar-refractivity contribution >= 4 is 23.4 Å². The van der Waals surface area contributed by atoms with Crippen molar-refractivity contribution in [3.05, 3.63) is 82.8 Å². The van der Waals surface area contributed by atoms with E-state index >= 15 is 0 Å². The van der Waals surface area contributed by atoms with Crippen LogP contribution in [0.4, 0.5) is 23.2 Å². The number of hydrogen-bond acceptors (Lipinski definition) is 4. The maximum Gasteiger partial charge on any atom is 0.416 e. The third kappa shape index (κ3) is 8.36. The molecular formula is C28H32F4N4O. The molecule has 1 aliphatic rings. The number of halogens is 4. The molecule has 2 aromatic carbocycles. The number of alkyl halides is 3. The minimum atomic E-state index is -4.55. The number of anilines is 1. The number of allylic oxidation sites excluding steroid dienone is 3. The third-order valence-electron chi connectivity index (χ3n) is 6.05. The monoisotopic (exact) mass is 516 g/mol. The van der Waals surface area contributed by atoms with Crippen molar-refractivity contribution in [2.45, 2.75) is 39.4 Å². The molecule has 0 bridgehead atoms. The Morgan fingerprint density at radius 3 is 2.49 bits per heavy atom. The largest absolute Gasteiger partial charge is 0.416 e. The normalized spacial score (nSPS) is 15.2. The summed E-state index contributed by atoms with van der Waals surface area (Å²) >= 11 is 0. The zero-order valence-electron chi connectivity index (χ0n) is 21.1. The Balaban J connectivity index is 1.64. The van der Waals surface area contributed by atoms with Gasteiger partial charge >= 0.3 is 6.18 Å². The van der Waals surface area contributed by atoms with Gasteiger partial charge in [-0.1, -0.05) is 30.9 Å². The van der Waals surface area contributed by atoms with Crippen LogP contribution in [-0.4, -0.2) is 43.2 Å². The molecule has 1 amide bonds. The molecule has 1 fully saturated rings. The van der Waals surface area contributed by atoms with E-state index in [2.05, 4.69) is 22.2 Å². The van der Waals surface area contributed by atoms with Crippen molar-refractivity contribution in [1.82, 2.24) is 10.2 Å². The number of carbonyl (C=O) groups excluding carboxylic acids is 1. The summed E-state index contributed by atoms with van der Waals surface area (Å²) < 4.78 is 55.9. The van der Waals surface area contributed by atoms with Crippen LogP contribution in [0.5, 0.6) is 0 Å². The van der Waals surface area contributed by atoms with Gasteiger partial charge in [0.15, 0.2) is 0 Å². The average molecular weight is 517 g/mol. The number of aliphatic imine (C=N–C) groups is 1. The number of benzene rings is 2. The minimum Gasteiger partial charge on any atom is -0.326 e. The zero-order chi connectivity index (χ0) is 27.0. The number of piperazine rings is 1. The van der Waals surface area contributed by atoms with E-state index in [1.807, 2.05) is 11.8 Å². The van der Waals surface area contributed by atoms with Crippen molar-refractivity contribution in [1.29, 1.82) is 0 Å². The molecule has 0 spiro atoms. The van der Waals surface area contributed by atoms with E-state index in [0.29, 0.717) is 29.9 Å². The Labute approximate surface area is 215 Å². The van der Waals surface area contributed by atoms with Crippen LogP contribution in [0.2, 0.25) is 0 Å². The number of carbonyl (C=O) groups is 1. The van der Waals surface area contributed by atoms with Gasteiger partial charge in [0.2, 0.25) is 5.91 Å². The second-order valence-electron chi connectivity index (χ2n) is 8.99. The number of aryl methyl sites for hydroxylation is 1. The molecule has 0 aromatic heterocycles. The van der Waals surface area contributed by atoms with Crippen molar-refractivity contribution in [3.63, 3.8) is 0 Å². The van der Waals surface area contributed by atoms with Gasteiger partial charge in [0, 0.05) is 56.7 Å². The van der Waals surface area contributed by atoms with Crippen LogP contribution < -0.4 is 10.6 Å². The molecule has 0 atom stereocenters. The quantitative estimate of drug-likeness (QED) is 0.326. The molecule has 1 aliphatic heterocycles. The van der Waals surface area contributed by atoms with Crippen molar-refractivity contribution in [2.75, 3.05) is 31.5 Å². The first kappa shape index (κ1) is 28.3. The van der Waals surface area contributed by atoms with E-state index in [4.69, 9.17) is 0 Å². The molecular weight excluding hydrogens is 484 g/mol. The molecule has 1 saturated heterocycles. The van der Waals surface area contributed by atoms with Crippen LogP contribution in [0.15, 0.2) is 59.7 Å². The summed E-state index contributed by atoms with van der Waals surface area (Å²) in [5.41, 5.74) is 1.80. The van der Waals surface area contributed by atoms with E-state index in [1.54, 1.807) is 31.3 Å². The molecule has 1 heterocycles. The van der Waals surface area contributed by atoms with Crippen LogP contribution in [0.1, 0.15) is 42.5 Å². The lowest BCUT2D eigenvalue weighted by atomic mass is 10.0. The summed E-state index contributed by atoms with van der Waals surface area (Å²) in [5.74, 6) is -0.959. The fourth-order valence-corrected chi connectivity index (χ4v) is 4.06. The van der Waals surface area contributed by atoms with Crippen LogP contribution in [0.25, 0.3) is 5.57 Å². The van der Waals surface area contributed by atoms with Gasteiger partial charge in [-0.2, -0.15) is 13.2 Å². The van der Waals surface area contributed by atoms with Crippen LogP contribution in [-0.2, 0) is 23.9 Å². The lowest BCUT2D eigenvalue weighted by molar-refractivity contribution is -0.138. The first-order valence-electron chi connectivity index (χ1n) is 12.1. The maximum atomic E-state index is 14.7. The summed E-state index contributed by atoms with van der Waals surface area (Å²) in [6.45, 7) is 10.3. The maximum absolute atomic E-state index is 14.7. The minimum absolute atomic E-state index is 0.0618. The topological polar surface area (TPSA) is 56.7 Å². The smallest absolute Gasteiger partial charge is 0.326 e. The van der Waals surface area contributed by atoms with Gasteiger partial charge in [-0.15, -0.1) is 0 Å². The van der Waals surface area contributed by atoms with Gasteiger partial charge in [-0.3, -0.25) is 14.7 Å². The number of rotatable bonds is 9. The first-order chi connectivity index (χ1) is 17.6. The molecule has 9 heteroatoms. The molecule has 0 saturated carbocycles. The molecule has 3 rings (SSSR count). The Morgan fingerprint density at radius 2 is 1.86 bits per heavy atom. The first-order valence-corrected chi connectivity index (χ1v) is 12.1. The summed E-state index contributed by atoms with van der Waals surface area (Å²) in [6.07, 6.45) is -1.10. The van der Waals surface area contributed by atoms with Gasteiger partial charge in [0.1, 0.15) is 5.82 Å². The molecule has 0 unspecified atom stereocenters. The summed E-state index contributed by atoms with van der Waals surface area (Å²) in [4.78, 5) is 18.6. The van der Waals surface area contributed by atoms with Crippen molar-refractivity contribution < 1.29 is 22.4 Å². The molecule has 37 heavy (non-hydrogen) atoms. The summed E-state index contributed by atoms with van der Waals surface area (Å²) in [7, 11) is 0. The number of nitrogens with one attached hydrogen (secondary N) is 2. The highest BCUT2D eigenvalue weighted by atomic mass is 19.4. The second-order valence-corrected chi connectivity index (χ2v) is 8.99. The highest BCUT2D eigenvalue weighted by molar-refractivity contribution is 6.10. The molecule has 2 aromatic rings. The predicted molar refractivity (Wildman–Crippen MR) is 140 cm³/mol. The molecule has 5 nitrogen and oxygen atoms in total. The van der Waals surface area contributed by atoms with Crippen molar-refractivity contribution in [3.8, 4) is 0 Å². The predicted octanol–water partition coefficient (Wildman–Crippen LogP) is 5.83. The zero-order valence-corrected chi connectivity index (χ0v) is 21.1. The Kier molecular flexibility index (Phi) is 9.77. The lowest BCUT2D eigenvalue weighted by Gasteiger charge is -2.28. The van der Waals surface area contributed by atoms with Crippen LogP contribution >= 0.6 is 0 Å². The Hall–Kier alpha value is -3.30. The fourth-order valence-electron chi connectivity index (χ4n) is 4.06. The van der Waals surface area contributed by atoms with E-state index < -0.39 is 23.5 Å². The summed E-state index contributed by atoms with van der Waals surface area (Å²) in [5, 5.41) is 5.70. The standard InChI is InChI=1S/C28H32F4N4O/c1-4-20(17-34-19(2)3)22-6-5-21(26(29)15-22)8-10-27(37)35-24-9-7-23(25(16-24)28(30,31)32)18-36-13-11-33-12-14-36/h4-7,9,15-17,33H,2,8,10-14,18H2,1,3H3,(H,35,37)/b20-4+,34-17-. The van der Waals surface area contributed by atoms with Crippen molar-refractivity contribution in [2.24, 2.45) is 4.99 Å². The van der Waals surface area contributed by atoms with E-state index in [0.717, 1.165) is 24.7 Å². The molecule has 0 radical (unpaired) electrons. The van der Waals surface area contributed by atoms with Gasteiger partial charge < -0.3 is 10.6 Å². The van der Waals surface area contributed by atoms with Crippen LogP contribution in [0, 0.1) is 5.82 Å². The number of nitrogens with zero attached hydrogens (tertiary/aromatic N) is 2. The summed E-state index contributed by atoms with van der Waals surface area (Å²) in [6, 6.07) is 8.57. The fraction of sp³-hybridized carbons (Fsp3) is 0.357. The van der Waals surface area contributed by atoms with Gasteiger partial charge in [0.25, 0.3) is 0 Å². The van der Waals surface area contributed by atoms with Gasteiger partial charge in [0.05, 0.1) is 5.56 Å². The molecule has 2 N–H and O–H groups in total. The van der Waals surface area contributed by atoms with E-state index in [-0.39, 0.29) is 30.6 Å². The Morgan fingerprint density at radius 1 is 1.16 bits per heavy atom. The molecule has 198 valence electrons. The SMILES string of the molecule is C=C(C)/N=C\C(=C/C)c1ccc(CCC(=O)Nc2ccc(CN3CCNCC3)c(C(F)(F)F)c2)c(F)c1. The number of amides is 1. The average Bonchev–Trinajstić information content (AvgIpc) is 2.84. The lowest BCUT2D eigenvalue weighted by Crippen LogP contribution is -2.43. The molecule has 0 aliphatic carbocycles. The van der Waals surface area contributed by atoms with E-state index in [9.17, 15) is 22.4 Å². The van der Waals surface area contributed by atoms with Gasteiger partial charge in [-0.25, -0.2) is 4.39 Å². The van der Waals surface area contributed by atoms with E-state index in [1.165, 1.54) is 18.2 Å². The highest BCUT2D eigenvalue weighted by Crippen LogP contribution is 2.34. The third-order valence-corrected chi connectivity index (χ3v) is 6.05. The van der Waals surface area contributed by atoms with Gasteiger partial charge in [-0.05, 0) is 60.7 Å².